The summed E-state index contributed by atoms with van der Waals surface area (Å²) in [5.74, 6) is 0.316. The predicted molar refractivity (Wildman–Crippen MR) is 75.8 cm³/mol. The highest BCUT2D eigenvalue weighted by molar-refractivity contribution is 9.10. The van der Waals surface area contributed by atoms with Crippen LogP contribution in [0.3, 0.4) is 0 Å². The second-order valence-corrected chi connectivity index (χ2v) is 5.19. The van der Waals surface area contributed by atoms with Crippen molar-refractivity contribution in [2.45, 2.75) is 13.5 Å². The predicted octanol–water partition coefficient (Wildman–Crippen LogP) is 3.55. The number of aryl methyl sites for hydroxylation is 1. The van der Waals surface area contributed by atoms with Gasteiger partial charge in [-0.2, -0.15) is 0 Å². The number of aromatic nitrogens is 1. The molecule has 0 fully saturated rings. The summed E-state index contributed by atoms with van der Waals surface area (Å²) >= 11 is 3.19. The molecule has 1 N–H and O–H groups in total. The van der Waals surface area contributed by atoms with Crippen LogP contribution >= 0.6 is 15.9 Å². The lowest BCUT2D eigenvalue weighted by atomic mass is 10.3. The third-order valence-electron chi connectivity index (χ3n) is 2.60. The van der Waals surface area contributed by atoms with Gasteiger partial charge in [0.1, 0.15) is 17.3 Å². The molecule has 0 aliphatic heterocycles. The summed E-state index contributed by atoms with van der Waals surface area (Å²) in [4.78, 5) is 13.5. The second-order valence-electron chi connectivity index (χ2n) is 4.34. The van der Waals surface area contributed by atoms with Crippen molar-refractivity contribution >= 4 is 27.6 Å². The Morgan fingerprint density at radius 2 is 2.25 bits per heavy atom. The van der Waals surface area contributed by atoms with Crippen molar-refractivity contribution in [2.75, 3.05) is 12.4 Å². The number of carbonyl (C=O) groups excluding carboxylic acids is 1. The lowest BCUT2D eigenvalue weighted by Gasteiger charge is -2.17. The number of anilines is 1. The van der Waals surface area contributed by atoms with Crippen LogP contribution in [0.4, 0.5) is 14.9 Å². The van der Waals surface area contributed by atoms with E-state index in [4.69, 9.17) is 4.52 Å². The van der Waals surface area contributed by atoms with Crippen LogP contribution in [0.2, 0.25) is 0 Å². The van der Waals surface area contributed by atoms with Gasteiger partial charge in [-0.05, 0) is 41.1 Å². The van der Waals surface area contributed by atoms with Crippen LogP contribution in [0.1, 0.15) is 11.5 Å². The maximum atomic E-state index is 13.0. The van der Waals surface area contributed by atoms with Crippen molar-refractivity contribution in [1.82, 2.24) is 10.1 Å². The van der Waals surface area contributed by atoms with Gasteiger partial charge in [0, 0.05) is 17.6 Å². The number of nitrogens with zero attached hydrogens (tertiary/aromatic N) is 2. The first kappa shape index (κ1) is 14.5. The zero-order valence-corrected chi connectivity index (χ0v) is 12.6. The van der Waals surface area contributed by atoms with E-state index in [2.05, 4.69) is 26.4 Å². The van der Waals surface area contributed by atoms with E-state index in [0.29, 0.717) is 28.2 Å². The first-order chi connectivity index (χ1) is 9.45. The van der Waals surface area contributed by atoms with E-state index in [1.165, 1.54) is 23.1 Å². The van der Waals surface area contributed by atoms with Gasteiger partial charge in [0.25, 0.3) is 0 Å². The molecule has 0 aliphatic carbocycles. The molecule has 0 radical (unpaired) electrons. The minimum absolute atomic E-state index is 0.321. The molecule has 7 heteroatoms. The minimum atomic E-state index is -0.374. The van der Waals surface area contributed by atoms with E-state index in [0.717, 1.165) is 0 Å². The topological polar surface area (TPSA) is 58.4 Å². The maximum absolute atomic E-state index is 13.0. The van der Waals surface area contributed by atoms with Crippen LogP contribution < -0.4 is 5.32 Å². The van der Waals surface area contributed by atoms with E-state index in [1.807, 2.05) is 0 Å². The smallest absolute Gasteiger partial charge is 0.321 e. The van der Waals surface area contributed by atoms with Gasteiger partial charge in [-0.25, -0.2) is 9.18 Å². The summed E-state index contributed by atoms with van der Waals surface area (Å²) in [5.41, 5.74) is 1.16. The van der Waals surface area contributed by atoms with Gasteiger partial charge >= 0.3 is 6.03 Å². The van der Waals surface area contributed by atoms with E-state index >= 15 is 0 Å². The fourth-order valence-electron chi connectivity index (χ4n) is 1.61. The number of halogens is 2. The summed E-state index contributed by atoms with van der Waals surface area (Å²) in [5, 5.41) is 6.50. The molecule has 0 bridgehead atoms. The molecule has 1 aromatic heterocycles. The Kier molecular flexibility index (Phi) is 4.39. The maximum Gasteiger partial charge on any atom is 0.321 e. The molecule has 20 heavy (non-hydrogen) atoms. The van der Waals surface area contributed by atoms with Crippen LogP contribution in [0.15, 0.2) is 33.3 Å². The highest BCUT2D eigenvalue weighted by Crippen LogP contribution is 2.23. The molecule has 106 valence electrons. The van der Waals surface area contributed by atoms with Crippen molar-refractivity contribution in [3.63, 3.8) is 0 Å². The molecule has 0 aliphatic rings. The summed E-state index contributed by atoms with van der Waals surface area (Å²) < 4.78 is 18.4. The number of amides is 2. The number of urea groups is 1. The molecule has 0 atom stereocenters. The Morgan fingerprint density at radius 1 is 1.50 bits per heavy atom. The lowest BCUT2D eigenvalue weighted by molar-refractivity contribution is 0.219. The van der Waals surface area contributed by atoms with Crippen molar-refractivity contribution in [3.05, 3.63) is 46.0 Å². The number of carbonyl (C=O) groups is 1. The van der Waals surface area contributed by atoms with Crippen molar-refractivity contribution in [2.24, 2.45) is 0 Å². The van der Waals surface area contributed by atoms with Gasteiger partial charge < -0.3 is 14.7 Å². The first-order valence-electron chi connectivity index (χ1n) is 5.85. The second kappa shape index (κ2) is 6.04. The van der Waals surface area contributed by atoms with E-state index in [9.17, 15) is 9.18 Å². The molecular formula is C13H13BrFN3O2. The molecule has 0 saturated heterocycles. The Morgan fingerprint density at radius 3 is 2.85 bits per heavy atom. The highest BCUT2D eigenvalue weighted by Gasteiger charge is 2.13. The molecule has 1 heterocycles. The largest absolute Gasteiger partial charge is 0.361 e. The minimum Gasteiger partial charge on any atom is -0.361 e. The fourth-order valence-corrected chi connectivity index (χ4v) is 2.06. The summed E-state index contributed by atoms with van der Waals surface area (Å²) in [6, 6.07) is 5.50. The molecule has 2 amide bonds. The average molecular weight is 342 g/mol. The zero-order chi connectivity index (χ0) is 14.7. The van der Waals surface area contributed by atoms with Crippen LogP contribution in [-0.4, -0.2) is 23.1 Å². The number of rotatable bonds is 3. The van der Waals surface area contributed by atoms with E-state index in [1.54, 1.807) is 20.0 Å². The van der Waals surface area contributed by atoms with Crippen molar-refractivity contribution < 1.29 is 13.7 Å². The Bertz CT molecular complexity index is 630. The zero-order valence-electron chi connectivity index (χ0n) is 11.0. The van der Waals surface area contributed by atoms with Gasteiger partial charge in [-0.15, -0.1) is 0 Å². The third-order valence-corrected chi connectivity index (χ3v) is 3.25. The Labute approximate surface area is 123 Å². The summed E-state index contributed by atoms with van der Waals surface area (Å²) in [6.07, 6.45) is 0. The summed E-state index contributed by atoms with van der Waals surface area (Å²) in [6.45, 7) is 2.11. The Balaban J connectivity index is 2.00. The third kappa shape index (κ3) is 3.57. The number of hydrogen-bond acceptors (Lipinski definition) is 3. The number of benzene rings is 1. The number of hydrogen-bond donors (Lipinski definition) is 1. The highest BCUT2D eigenvalue weighted by atomic mass is 79.9. The van der Waals surface area contributed by atoms with E-state index in [-0.39, 0.29) is 11.8 Å². The summed E-state index contributed by atoms with van der Waals surface area (Å²) in [7, 11) is 1.64. The monoisotopic (exact) mass is 341 g/mol. The molecule has 5 nitrogen and oxygen atoms in total. The van der Waals surface area contributed by atoms with Gasteiger partial charge in [-0.3, -0.25) is 0 Å². The standard InChI is InChI=1S/C13H13BrFN3O2/c1-8-5-10(17-20-8)7-18(2)13(19)16-12-4-3-9(15)6-11(12)14/h3-6H,7H2,1-2H3,(H,16,19). The van der Waals surface area contributed by atoms with Gasteiger partial charge in [-0.1, -0.05) is 5.16 Å². The van der Waals surface area contributed by atoms with Crippen LogP contribution in [-0.2, 0) is 6.54 Å². The molecule has 0 spiro atoms. The van der Waals surface area contributed by atoms with Crippen molar-refractivity contribution in [1.29, 1.82) is 0 Å². The normalized spacial score (nSPS) is 10.4. The Hall–Kier alpha value is -1.89. The van der Waals surface area contributed by atoms with Gasteiger partial charge in [0.2, 0.25) is 0 Å². The van der Waals surface area contributed by atoms with Crippen LogP contribution in [0.5, 0.6) is 0 Å². The number of nitrogens with one attached hydrogen (secondary N) is 1. The molecule has 0 unspecified atom stereocenters. The SMILES string of the molecule is Cc1cc(CN(C)C(=O)Nc2ccc(F)cc2Br)no1. The van der Waals surface area contributed by atoms with Gasteiger partial charge in [0.15, 0.2) is 0 Å². The first-order valence-corrected chi connectivity index (χ1v) is 6.64. The average Bonchev–Trinajstić information content (AvgIpc) is 2.78. The molecular weight excluding hydrogens is 329 g/mol. The van der Waals surface area contributed by atoms with Gasteiger partial charge in [0.05, 0.1) is 12.2 Å². The van der Waals surface area contributed by atoms with Crippen LogP contribution in [0.25, 0.3) is 0 Å². The quantitative estimate of drug-likeness (QED) is 0.928. The van der Waals surface area contributed by atoms with Crippen molar-refractivity contribution in [3.8, 4) is 0 Å². The molecule has 0 saturated carbocycles. The lowest BCUT2D eigenvalue weighted by Crippen LogP contribution is -2.31. The fraction of sp³-hybridized carbons (Fsp3) is 0.231. The molecule has 2 rings (SSSR count). The molecule has 1 aromatic carbocycles. The molecule has 2 aromatic rings. The van der Waals surface area contributed by atoms with E-state index < -0.39 is 0 Å². The van der Waals surface area contributed by atoms with Crippen LogP contribution in [0, 0.1) is 12.7 Å².